The third kappa shape index (κ3) is 5.77. The number of alkyl halides is 3. The molecule has 1 amide bonds. The van der Waals surface area contributed by atoms with Crippen LogP contribution >= 0.6 is 0 Å². The summed E-state index contributed by atoms with van der Waals surface area (Å²) in [5.74, 6) is -0.930. The highest BCUT2D eigenvalue weighted by molar-refractivity contribution is 6.07. The van der Waals surface area contributed by atoms with Gasteiger partial charge in [0.25, 0.3) is 5.91 Å². The van der Waals surface area contributed by atoms with Crippen molar-refractivity contribution in [3.63, 3.8) is 0 Å². The summed E-state index contributed by atoms with van der Waals surface area (Å²) >= 11 is 0. The molecule has 0 atom stereocenters. The zero-order valence-electron chi connectivity index (χ0n) is 16.9. The van der Waals surface area contributed by atoms with Gasteiger partial charge >= 0.3 is 6.18 Å². The Bertz CT molecular complexity index is 987. The van der Waals surface area contributed by atoms with Crippen molar-refractivity contribution in [1.29, 1.82) is 5.26 Å². The minimum Gasteiger partial charge on any atom is -0.369 e. The number of carbonyl (C=O) groups excluding carboxylic acids is 1. The van der Waals surface area contributed by atoms with Gasteiger partial charge in [-0.2, -0.15) is 18.4 Å². The third-order valence-corrected chi connectivity index (χ3v) is 4.96. The van der Waals surface area contributed by atoms with Gasteiger partial charge in [-0.05, 0) is 43.4 Å². The summed E-state index contributed by atoms with van der Waals surface area (Å²) in [6.45, 7) is 3.84. The Morgan fingerprint density at radius 3 is 2.32 bits per heavy atom. The summed E-state index contributed by atoms with van der Waals surface area (Å²) in [6.07, 6.45) is -3.44. The number of nitrogens with zero attached hydrogens (tertiary/aromatic N) is 3. The number of piperazine rings is 1. The van der Waals surface area contributed by atoms with E-state index in [0.717, 1.165) is 44.0 Å². The molecule has 2 N–H and O–H groups in total. The minimum atomic E-state index is -4.62. The number of para-hydroxylation sites is 1. The minimum absolute atomic E-state index is 0.347. The summed E-state index contributed by atoms with van der Waals surface area (Å²) in [4.78, 5) is 16.8. The van der Waals surface area contributed by atoms with Gasteiger partial charge in [-0.15, -0.1) is 0 Å². The van der Waals surface area contributed by atoms with Crippen molar-refractivity contribution >= 4 is 23.0 Å². The van der Waals surface area contributed by atoms with Crippen LogP contribution in [0.2, 0.25) is 0 Å². The Morgan fingerprint density at radius 2 is 1.71 bits per heavy atom. The molecule has 6 nitrogen and oxygen atoms in total. The molecule has 1 saturated heterocycles. The summed E-state index contributed by atoms with van der Waals surface area (Å²) in [6, 6.07) is 13.8. The Kier molecular flexibility index (Phi) is 6.82. The Hall–Kier alpha value is -3.51. The summed E-state index contributed by atoms with van der Waals surface area (Å²) < 4.78 is 39.3. The predicted octanol–water partition coefficient (Wildman–Crippen LogP) is 3.92. The molecule has 0 radical (unpaired) electrons. The van der Waals surface area contributed by atoms with Crippen molar-refractivity contribution in [2.45, 2.75) is 6.18 Å². The first-order valence-electron chi connectivity index (χ1n) is 9.66. The highest BCUT2D eigenvalue weighted by Gasteiger charge is 2.33. The van der Waals surface area contributed by atoms with Crippen LogP contribution in [0, 0.1) is 11.3 Å². The molecule has 31 heavy (non-hydrogen) atoms. The van der Waals surface area contributed by atoms with Gasteiger partial charge in [0.15, 0.2) is 0 Å². The van der Waals surface area contributed by atoms with Crippen LogP contribution in [-0.2, 0) is 11.0 Å². The van der Waals surface area contributed by atoms with Gasteiger partial charge in [-0.3, -0.25) is 4.79 Å². The lowest BCUT2D eigenvalue weighted by atomic mass is 10.1. The number of likely N-dealkylation sites (N-methyl/N-ethyl adjacent to an activating group) is 1. The first kappa shape index (κ1) is 22.2. The van der Waals surface area contributed by atoms with E-state index in [9.17, 15) is 23.2 Å². The normalized spacial score (nSPS) is 15.3. The lowest BCUT2D eigenvalue weighted by Crippen LogP contribution is -2.44. The number of hydrogen-bond acceptors (Lipinski definition) is 5. The molecular formula is C22H22F3N5O. The molecule has 0 bridgehead atoms. The van der Waals surface area contributed by atoms with Crippen molar-refractivity contribution < 1.29 is 18.0 Å². The molecule has 9 heteroatoms. The Labute approximate surface area is 178 Å². The standard InChI is InChI=1S/C22H22F3N5O/c1-29-10-12-30(13-11-29)18-8-6-17(7-9-18)27-15-16(14-26)21(31)28-20-5-3-2-4-19(20)22(23,24)25/h2-9,15,27H,10-13H2,1H3,(H,28,31)/b16-15-. The molecule has 0 saturated carbocycles. The van der Waals surface area contributed by atoms with Gasteiger partial charge < -0.3 is 20.4 Å². The molecule has 0 aromatic heterocycles. The van der Waals surface area contributed by atoms with Gasteiger partial charge in [0.1, 0.15) is 11.6 Å². The number of nitriles is 1. The monoisotopic (exact) mass is 429 g/mol. The van der Waals surface area contributed by atoms with Gasteiger partial charge in [0.2, 0.25) is 0 Å². The van der Waals surface area contributed by atoms with E-state index in [1.54, 1.807) is 6.07 Å². The molecule has 162 valence electrons. The molecule has 2 aromatic rings. The molecule has 1 aliphatic heterocycles. The van der Waals surface area contributed by atoms with E-state index in [1.807, 2.05) is 24.3 Å². The van der Waals surface area contributed by atoms with Gasteiger partial charge in [-0.1, -0.05) is 12.1 Å². The first-order valence-corrected chi connectivity index (χ1v) is 9.66. The number of halogens is 3. The Balaban J connectivity index is 1.66. The molecule has 2 aromatic carbocycles. The van der Waals surface area contributed by atoms with E-state index in [0.29, 0.717) is 5.69 Å². The smallest absolute Gasteiger partial charge is 0.369 e. The molecular weight excluding hydrogens is 407 g/mol. The molecule has 1 heterocycles. The van der Waals surface area contributed by atoms with Crippen LogP contribution in [0.1, 0.15) is 5.56 Å². The van der Waals surface area contributed by atoms with Crippen LogP contribution < -0.4 is 15.5 Å². The molecule has 3 rings (SSSR count). The second-order valence-corrected chi connectivity index (χ2v) is 7.15. The highest BCUT2D eigenvalue weighted by Crippen LogP contribution is 2.34. The maximum absolute atomic E-state index is 13.1. The van der Waals surface area contributed by atoms with Gasteiger partial charge in [0.05, 0.1) is 11.3 Å². The van der Waals surface area contributed by atoms with Gasteiger partial charge in [0, 0.05) is 43.8 Å². The molecule has 0 aliphatic carbocycles. The quantitative estimate of drug-likeness (QED) is 0.557. The number of carbonyl (C=O) groups is 1. The summed E-state index contributed by atoms with van der Waals surface area (Å²) in [5, 5.41) is 14.3. The lowest BCUT2D eigenvalue weighted by Gasteiger charge is -2.34. The van der Waals surface area contributed by atoms with Crippen molar-refractivity contribution in [3.05, 3.63) is 65.9 Å². The average molecular weight is 429 g/mol. The van der Waals surface area contributed by atoms with Crippen LogP contribution in [0.15, 0.2) is 60.3 Å². The lowest BCUT2D eigenvalue weighted by molar-refractivity contribution is -0.137. The number of amides is 1. The third-order valence-electron chi connectivity index (χ3n) is 4.96. The topological polar surface area (TPSA) is 71.4 Å². The fourth-order valence-electron chi connectivity index (χ4n) is 3.17. The van der Waals surface area contributed by atoms with Crippen molar-refractivity contribution in [1.82, 2.24) is 4.90 Å². The highest BCUT2D eigenvalue weighted by atomic mass is 19.4. The van der Waals surface area contributed by atoms with Crippen LogP contribution in [0.4, 0.5) is 30.2 Å². The van der Waals surface area contributed by atoms with Crippen molar-refractivity contribution in [2.24, 2.45) is 0 Å². The molecule has 0 spiro atoms. The average Bonchev–Trinajstić information content (AvgIpc) is 2.75. The summed E-state index contributed by atoms with van der Waals surface area (Å²) in [5.41, 5.74) is -0.00958. The fourth-order valence-corrected chi connectivity index (χ4v) is 3.17. The Morgan fingerprint density at radius 1 is 1.06 bits per heavy atom. The van der Waals surface area contributed by atoms with E-state index in [-0.39, 0.29) is 5.57 Å². The van der Waals surface area contributed by atoms with E-state index in [4.69, 9.17) is 0 Å². The maximum Gasteiger partial charge on any atom is 0.418 e. The van der Waals surface area contributed by atoms with Crippen molar-refractivity contribution in [2.75, 3.05) is 48.8 Å². The summed E-state index contributed by atoms with van der Waals surface area (Å²) in [7, 11) is 2.08. The molecule has 1 fully saturated rings. The number of benzene rings is 2. The van der Waals surface area contributed by atoms with E-state index in [2.05, 4.69) is 27.5 Å². The predicted molar refractivity (Wildman–Crippen MR) is 114 cm³/mol. The number of nitrogens with one attached hydrogen (secondary N) is 2. The van der Waals surface area contributed by atoms with Crippen LogP contribution in [-0.4, -0.2) is 44.0 Å². The van der Waals surface area contributed by atoms with Crippen LogP contribution in [0.3, 0.4) is 0 Å². The van der Waals surface area contributed by atoms with E-state index >= 15 is 0 Å². The van der Waals surface area contributed by atoms with Crippen LogP contribution in [0.25, 0.3) is 0 Å². The largest absolute Gasteiger partial charge is 0.418 e. The second kappa shape index (κ2) is 9.53. The zero-order chi connectivity index (χ0) is 22.4. The number of rotatable bonds is 5. The van der Waals surface area contributed by atoms with E-state index in [1.165, 1.54) is 18.3 Å². The first-order chi connectivity index (χ1) is 14.8. The second-order valence-electron chi connectivity index (χ2n) is 7.15. The molecule has 1 aliphatic rings. The van der Waals surface area contributed by atoms with Crippen LogP contribution in [0.5, 0.6) is 0 Å². The number of anilines is 3. The van der Waals surface area contributed by atoms with Crippen molar-refractivity contribution in [3.8, 4) is 6.07 Å². The van der Waals surface area contributed by atoms with E-state index < -0.39 is 23.3 Å². The fraction of sp³-hybridized carbons (Fsp3) is 0.273. The zero-order valence-corrected chi connectivity index (χ0v) is 16.9. The molecule has 0 unspecified atom stereocenters. The van der Waals surface area contributed by atoms with Gasteiger partial charge in [-0.25, -0.2) is 0 Å². The SMILES string of the molecule is CN1CCN(c2ccc(N/C=C(/C#N)C(=O)Nc3ccccc3C(F)(F)F)cc2)CC1. The maximum atomic E-state index is 13.1. The number of hydrogen-bond donors (Lipinski definition) is 2.